The number of fused-ring (bicyclic) bond motifs is 2. The second kappa shape index (κ2) is 9.73. The minimum atomic E-state index is -0.349. The summed E-state index contributed by atoms with van der Waals surface area (Å²) < 4.78 is 5.76. The van der Waals surface area contributed by atoms with Gasteiger partial charge in [-0.05, 0) is 49.4 Å². The number of nitrogens with zero attached hydrogens (tertiary/aromatic N) is 3. The number of carbonyl (C=O) groups excluding carboxylic acids is 2. The van der Waals surface area contributed by atoms with Gasteiger partial charge < -0.3 is 4.74 Å². The first kappa shape index (κ1) is 22.2. The number of hydrogen-bond acceptors (Lipinski definition) is 6. The first-order chi connectivity index (χ1) is 16.6. The largest absolute Gasteiger partial charge is 0.456 e. The first-order valence-electron chi connectivity index (χ1n) is 11.5. The minimum Gasteiger partial charge on any atom is -0.456 e. The maximum absolute atomic E-state index is 13.3. The Morgan fingerprint density at radius 2 is 1.74 bits per heavy atom. The Balaban J connectivity index is 1.40. The highest BCUT2D eigenvalue weighted by Gasteiger charge is 2.24. The number of amides is 1. The highest BCUT2D eigenvalue weighted by Crippen LogP contribution is 2.31. The molecule has 0 bridgehead atoms. The lowest BCUT2D eigenvalue weighted by molar-refractivity contribution is -0.115. The van der Waals surface area contributed by atoms with Crippen molar-refractivity contribution in [3.63, 3.8) is 0 Å². The van der Waals surface area contributed by atoms with Crippen LogP contribution in [0, 0.1) is 0 Å². The Labute approximate surface area is 202 Å². The molecule has 0 radical (unpaired) electrons. The van der Waals surface area contributed by atoms with Crippen LogP contribution in [0.4, 0.5) is 10.8 Å². The molecule has 2 aromatic heterocycles. The van der Waals surface area contributed by atoms with E-state index in [1.54, 1.807) is 4.90 Å². The summed E-state index contributed by atoms with van der Waals surface area (Å²) in [7, 11) is 0. The number of aromatic nitrogens is 2. The Bertz CT molecular complexity index is 1350. The maximum atomic E-state index is 13.3. The molecule has 0 aliphatic heterocycles. The van der Waals surface area contributed by atoms with Crippen LogP contribution >= 0.6 is 11.3 Å². The van der Waals surface area contributed by atoms with E-state index in [0.717, 1.165) is 60.0 Å². The highest BCUT2D eigenvalue weighted by molar-refractivity contribution is 7.14. The van der Waals surface area contributed by atoms with E-state index in [0.29, 0.717) is 16.4 Å². The van der Waals surface area contributed by atoms with Gasteiger partial charge in [0.05, 0.1) is 22.5 Å². The molecule has 0 unspecified atom stereocenters. The molecule has 0 saturated carbocycles. The van der Waals surface area contributed by atoms with Gasteiger partial charge in [-0.15, -0.1) is 11.3 Å². The van der Waals surface area contributed by atoms with E-state index < -0.39 is 0 Å². The Morgan fingerprint density at radius 3 is 2.56 bits per heavy atom. The van der Waals surface area contributed by atoms with Crippen molar-refractivity contribution in [3.8, 4) is 0 Å². The van der Waals surface area contributed by atoms with E-state index in [1.807, 2.05) is 60.0 Å². The summed E-state index contributed by atoms with van der Waals surface area (Å²) in [4.78, 5) is 36.6. The standard InChI is InChI=1S/C27H25N3O3S/c1-18(31)30(20-10-4-2-5-11-20)27-28-19(17-34-27)16-33-26(32)25-21-12-6-3-7-14-23(21)29-24-15-9-8-13-22(24)25/h2,4-5,8-11,13,15,17H,3,6-7,12,14,16H2,1H3. The summed E-state index contributed by atoms with van der Waals surface area (Å²) in [6, 6.07) is 17.1. The number of anilines is 2. The molecule has 1 amide bonds. The number of ether oxygens (including phenoxy) is 1. The normalized spacial score (nSPS) is 13.2. The number of rotatable bonds is 5. The fraction of sp³-hybridized carbons (Fsp3) is 0.259. The van der Waals surface area contributed by atoms with Gasteiger partial charge >= 0.3 is 5.97 Å². The van der Waals surface area contributed by atoms with Gasteiger partial charge in [-0.3, -0.25) is 14.7 Å². The van der Waals surface area contributed by atoms with Crippen molar-refractivity contribution in [1.29, 1.82) is 0 Å². The number of thiazole rings is 1. The lowest BCUT2D eigenvalue weighted by atomic mass is 9.97. The summed E-state index contributed by atoms with van der Waals surface area (Å²) in [5.41, 5.74) is 4.85. The van der Waals surface area contributed by atoms with E-state index in [9.17, 15) is 9.59 Å². The van der Waals surface area contributed by atoms with Crippen molar-refractivity contribution in [1.82, 2.24) is 9.97 Å². The third-order valence-electron chi connectivity index (χ3n) is 6.03. The quantitative estimate of drug-likeness (QED) is 0.264. The second-order valence-corrected chi connectivity index (χ2v) is 9.21. The van der Waals surface area contributed by atoms with Crippen molar-refractivity contribution < 1.29 is 14.3 Å². The van der Waals surface area contributed by atoms with Crippen LogP contribution < -0.4 is 4.90 Å². The molecular weight excluding hydrogens is 446 g/mol. The molecule has 0 spiro atoms. The molecule has 7 heteroatoms. The topological polar surface area (TPSA) is 72.4 Å². The van der Waals surface area contributed by atoms with Gasteiger partial charge in [-0.25, -0.2) is 9.78 Å². The summed E-state index contributed by atoms with van der Waals surface area (Å²) in [6.45, 7) is 1.55. The molecule has 5 rings (SSSR count). The maximum Gasteiger partial charge on any atom is 0.339 e. The number of pyridine rings is 1. The number of para-hydroxylation sites is 2. The van der Waals surface area contributed by atoms with Gasteiger partial charge in [0.2, 0.25) is 5.91 Å². The summed E-state index contributed by atoms with van der Waals surface area (Å²) >= 11 is 1.35. The third-order valence-corrected chi connectivity index (χ3v) is 6.91. The van der Waals surface area contributed by atoms with Crippen molar-refractivity contribution in [2.75, 3.05) is 4.90 Å². The van der Waals surface area contributed by atoms with E-state index in [-0.39, 0.29) is 18.5 Å². The van der Waals surface area contributed by atoms with Crippen LogP contribution in [0.1, 0.15) is 53.5 Å². The number of aryl methyl sites for hydroxylation is 1. The van der Waals surface area contributed by atoms with Crippen molar-refractivity contribution in [2.45, 2.75) is 45.6 Å². The van der Waals surface area contributed by atoms with Crippen molar-refractivity contribution in [2.24, 2.45) is 0 Å². The van der Waals surface area contributed by atoms with Crippen LogP contribution in [0.5, 0.6) is 0 Å². The fourth-order valence-electron chi connectivity index (χ4n) is 4.46. The van der Waals surface area contributed by atoms with Crippen LogP contribution in [0.3, 0.4) is 0 Å². The summed E-state index contributed by atoms with van der Waals surface area (Å²) in [5, 5.41) is 3.21. The van der Waals surface area contributed by atoms with Gasteiger partial charge in [-0.2, -0.15) is 0 Å². The minimum absolute atomic E-state index is 0.0429. The first-order valence-corrected chi connectivity index (χ1v) is 12.4. The fourth-order valence-corrected chi connectivity index (χ4v) is 5.33. The van der Waals surface area contributed by atoms with E-state index in [1.165, 1.54) is 18.3 Å². The number of carbonyl (C=O) groups is 2. The average Bonchev–Trinajstić information content (AvgIpc) is 3.18. The molecule has 0 fully saturated rings. The molecule has 4 aromatic rings. The van der Waals surface area contributed by atoms with Crippen molar-refractivity contribution in [3.05, 3.63) is 82.5 Å². The lowest BCUT2D eigenvalue weighted by Gasteiger charge is -2.17. The smallest absolute Gasteiger partial charge is 0.339 e. The third kappa shape index (κ3) is 4.43. The average molecular weight is 472 g/mol. The summed E-state index contributed by atoms with van der Waals surface area (Å²) in [6.07, 6.45) is 4.99. The predicted molar refractivity (Wildman–Crippen MR) is 133 cm³/mol. The monoisotopic (exact) mass is 471 g/mol. The van der Waals surface area contributed by atoms with Gasteiger partial charge in [0.25, 0.3) is 0 Å². The van der Waals surface area contributed by atoms with E-state index >= 15 is 0 Å². The van der Waals surface area contributed by atoms with Crippen LogP contribution in [-0.2, 0) is 29.0 Å². The summed E-state index contributed by atoms with van der Waals surface area (Å²) in [5.74, 6) is -0.479. The van der Waals surface area contributed by atoms with Crippen molar-refractivity contribution >= 4 is 44.9 Å². The number of benzene rings is 2. The second-order valence-electron chi connectivity index (χ2n) is 8.38. The Hall–Kier alpha value is -3.58. The van der Waals surface area contributed by atoms with Crippen LogP contribution in [0.15, 0.2) is 60.0 Å². The molecule has 1 aliphatic carbocycles. The molecule has 0 N–H and O–H groups in total. The number of hydrogen-bond donors (Lipinski definition) is 0. The molecule has 2 aromatic carbocycles. The Morgan fingerprint density at radius 1 is 0.971 bits per heavy atom. The van der Waals surface area contributed by atoms with Crippen LogP contribution in [0.25, 0.3) is 10.9 Å². The van der Waals surface area contributed by atoms with Gasteiger partial charge in [0, 0.05) is 23.4 Å². The number of esters is 1. The molecule has 1 aliphatic rings. The van der Waals surface area contributed by atoms with Gasteiger partial charge in [0.15, 0.2) is 5.13 Å². The molecule has 172 valence electrons. The zero-order valence-corrected chi connectivity index (χ0v) is 19.8. The van der Waals surface area contributed by atoms with Crippen LogP contribution in [0.2, 0.25) is 0 Å². The zero-order chi connectivity index (χ0) is 23.5. The molecule has 6 nitrogen and oxygen atoms in total. The molecule has 34 heavy (non-hydrogen) atoms. The van der Waals surface area contributed by atoms with Crippen LogP contribution in [-0.4, -0.2) is 21.8 Å². The highest BCUT2D eigenvalue weighted by atomic mass is 32.1. The SMILES string of the molecule is CC(=O)N(c1ccccc1)c1nc(COC(=O)c2c3c(nc4ccccc24)CCCCC3)cs1. The molecular formula is C27H25N3O3S. The molecule has 0 atom stereocenters. The lowest BCUT2D eigenvalue weighted by Crippen LogP contribution is -2.22. The zero-order valence-electron chi connectivity index (χ0n) is 19.0. The molecule has 0 saturated heterocycles. The van der Waals surface area contributed by atoms with E-state index in [2.05, 4.69) is 4.98 Å². The predicted octanol–water partition coefficient (Wildman–Crippen LogP) is 6.00. The molecule has 2 heterocycles. The Kier molecular flexibility index (Phi) is 6.36. The van der Waals surface area contributed by atoms with Gasteiger partial charge in [-0.1, -0.05) is 42.8 Å². The van der Waals surface area contributed by atoms with Gasteiger partial charge in [0.1, 0.15) is 6.61 Å². The van der Waals surface area contributed by atoms with E-state index in [4.69, 9.17) is 9.72 Å².